The Morgan fingerprint density at radius 1 is 1.30 bits per heavy atom. The number of hydrogen-bond donors (Lipinski definition) is 2. The molecule has 1 saturated carbocycles. The molecule has 1 aliphatic carbocycles. The molecular weight excluding hydrogens is 346 g/mol. The van der Waals surface area contributed by atoms with Gasteiger partial charge in [0.25, 0.3) is 6.01 Å². The molecule has 1 amide bonds. The Labute approximate surface area is 159 Å². The number of amides is 1. The lowest BCUT2D eigenvalue weighted by Gasteiger charge is -2.29. The van der Waals surface area contributed by atoms with Gasteiger partial charge in [-0.3, -0.25) is 4.79 Å². The van der Waals surface area contributed by atoms with Gasteiger partial charge in [0, 0.05) is 19.0 Å². The molecule has 3 rings (SSSR count). The number of carbonyl (C=O) groups excluding carboxylic acids is 1. The van der Waals surface area contributed by atoms with Crippen molar-refractivity contribution in [1.29, 1.82) is 0 Å². The molecule has 7 heteroatoms. The van der Waals surface area contributed by atoms with Crippen LogP contribution < -0.4 is 14.8 Å². The van der Waals surface area contributed by atoms with Crippen LogP contribution in [0, 0.1) is 0 Å². The minimum Gasteiger partial charge on any atom is -0.494 e. The number of carbonyl (C=O) groups is 1. The second-order valence-electron chi connectivity index (χ2n) is 7.11. The van der Waals surface area contributed by atoms with Crippen LogP contribution in [-0.4, -0.2) is 47.3 Å². The van der Waals surface area contributed by atoms with Gasteiger partial charge in [0.15, 0.2) is 0 Å². The van der Waals surface area contributed by atoms with Gasteiger partial charge in [0.05, 0.1) is 30.4 Å². The van der Waals surface area contributed by atoms with Gasteiger partial charge < -0.3 is 24.5 Å². The molecule has 0 unspecified atom stereocenters. The van der Waals surface area contributed by atoms with Gasteiger partial charge in [-0.25, -0.2) is 0 Å². The van der Waals surface area contributed by atoms with E-state index in [1.54, 1.807) is 0 Å². The number of rotatable bonds is 8. The van der Waals surface area contributed by atoms with Crippen LogP contribution in [0.3, 0.4) is 0 Å². The van der Waals surface area contributed by atoms with Crippen molar-refractivity contribution in [1.82, 2.24) is 15.3 Å². The van der Waals surface area contributed by atoms with Crippen LogP contribution in [0.4, 0.5) is 0 Å². The highest BCUT2D eigenvalue weighted by Gasteiger charge is 2.24. The standard InChI is InChI=1S/C20H29N3O4/c1-4-25-17-9-10-18-19(11-17)23-20(22-18)27-16-7-5-15(6-8-16)26-12-13(2)21-14(3)24/h9-11,13,15-16H,4-8,12H2,1-3H3,(H,21,24)(H,22,23)/t13-,15-,16-/m0/s1. The zero-order chi connectivity index (χ0) is 19.2. The van der Waals surface area contributed by atoms with Gasteiger partial charge in [-0.15, -0.1) is 0 Å². The summed E-state index contributed by atoms with van der Waals surface area (Å²) in [5, 5.41) is 2.84. The van der Waals surface area contributed by atoms with Crippen molar-refractivity contribution in [2.24, 2.45) is 0 Å². The molecule has 0 spiro atoms. The fourth-order valence-corrected chi connectivity index (χ4v) is 3.42. The largest absolute Gasteiger partial charge is 0.494 e. The molecule has 0 bridgehead atoms. The monoisotopic (exact) mass is 375 g/mol. The zero-order valence-corrected chi connectivity index (χ0v) is 16.3. The zero-order valence-electron chi connectivity index (χ0n) is 16.3. The molecule has 27 heavy (non-hydrogen) atoms. The van der Waals surface area contributed by atoms with E-state index >= 15 is 0 Å². The topological polar surface area (TPSA) is 85.5 Å². The normalized spacial score (nSPS) is 21.0. The maximum absolute atomic E-state index is 11.0. The van der Waals surface area contributed by atoms with E-state index in [9.17, 15) is 4.79 Å². The van der Waals surface area contributed by atoms with E-state index in [1.807, 2.05) is 32.0 Å². The molecule has 148 valence electrons. The summed E-state index contributed by atoms with van der Waals surface area (Å²) in [7, 11) is 0. The fraction of sp³-hybridized carbons (Fsp3) is 0.600. The molecule has 1 heterocycles. The van der Waals surface area contributed by atoms with Crippen LogP contribution >= 0.6 is 0 Å². The quantitative estimate of drug-likeness (QED) is 0.740. The van der Waals surface area contributed by atoms with Gasteiger partial charge >= 0.3 is 0 Å². The molecule has 1 aromatic heterocycles. The first kappa shape index (κ1) is 19.5. The third-order valence-electron chi connectivity index (χ3n) is 4.67. The summed E-state index contributed by atoms with van der Waals surface area (Å²) < 4.78 is 17.5. The summed E-state index contributed by atoms with van der Waals surface area (Å²) in [5.74, 6) is 0.800. The number of nitrogens with zero attached hydrogens (tertiary/aromatic N) is 1. The highest BCUT2D eigenvalue weighted by Crippen LogP contribution is 2.27. The Kier molecular flexibility index (Phi) is 6.55. The number of hydrogen-bond acceptors (Lipinski definition) is 5. The first-order chi connectivity index (χ1) is 13.0. The Hall–Kier alpha value is -2.28. The highest BCUT2D eigenvalue weighted by molar-refractivity contribution is 5.77. The first-order valence-corrected chi connectivity index (χ1v) is 9.71. The van der Waals surface area contributed by atoms with E-state index in [2.05, 4.69) is 15.3 Å². The number of nitrogens with one attached hydrogen (secondary N) is 2. The Balaban J connectivity index is 1.46. The highest BCUT2D eigenvalue weighted by atomic mass is 16.5. The lowest BCUT2D eigenvalue weighted by Crippen LogP contribution is -2.36. The van der Waals surface area contributed by atoms with Crippen molar-refractivity contribution in [3.05, 3.63) is 18.2 Å². The molecule has 0 saturated heterocycles. The second-order valence-corrected chi connectivity index (χ2v) is 7.11. The third-order valence-corrected chi connectivity index (χ3v) is 4.67. The predicted molar refractivity (Wildman–Crippen MR) is 103 cm³/mol. The summed E-state index contributed by atoms with van der Waals surface area (Å²) >= 11 is 0. The van der Waals surface area contributed by atoms with Crippen molar-refractivity contribution >= 4 is 16.9 Å². The summed E-state index contributed by atoms with van der Waals surface area (Å²) in [5.41, 5.74) is 1.79. The predicted octanol–water partition coefficient (Wildman–Crippen LogP) is 3.19. The molecule has 0 radical (unpaired) electrons. The Bertz CT molecular complexity index is 753. The van der Waals surface area contributed by atoms with E-state index in [0.29, 0.717) is 19.2 Å². The van der Waals surface area contributed by atoms with Crippen LogP contribution in [0.15, 0.2) is 18.2 Å². The smallest absolute Gasteiger partial charge is 0.294 e. The number of imidazole rings is 1. The molecular formula is C20H29N3O4. The molecule has 1 atom stereocenters. The van der Waals surface area contributed by atoms with Crippen molar-refractivity contribution in [2.45, 2.75) is 64.7 Å². The lowest BCUT2D eigenvalue weighted by molar-refractivity contribution is -0.120. The number of ether oxygens (including phenoxy) is 3. The lowest BCUT2D eigenvalue weighted by atomic mass is 9.95. The summed E-state index contributed by atoms with van der Waals surface area (Å²) in [6.07, 6.45) is 4.13. The van der Waals surface area contributed by atoms with Gasteiger partial charge in [-0.1, -0.05) is 0 Å². The molecule has 2 aromatic rings. The van der Waals surface area contributed by atoms with Crippen molar-refractivity contribution in [3.8, 4) is 11.8 Å². The maximum Gasteiger partial charge on any atom is 0.294 e. The van der Waals surface area contributed by atoms with Gasteiger partial charge in [-0.2, -0.15) is 4.98 Å². The van der Waals surface area contributed by atoms with Crippen LogP contribution in [0.1, 0.15) is 46.5 Å². The first-order valence-electron chi connectivity index (χ1n) is 9.71. The van der Waals surface area contributed by atoms with Crippen LogP contribution in [0.2, 0.25) is 0 Å². The average Bonchev–Trinajstić information content (AvgIpc) is 3.02. The minimum atomic E-state index is -0.0255. The Morgan fingerprint density at radius 3 is 2.74 bits per heavy atom. The molecule has 1 aliphatic rings. The summed E-state index contributed by atoms with van der Waals surface area (Å²) in [6, 6.07) is 6.39. The number of aromatic amines is 1. The fourth-order valence-electron chi connectivity index (χ4n) is 3.42. The van der Waals surface area contributed by atoms with E-state index < -0.39 is 0 Å². The van der Waals surface area contributed by atoms with Gasteiger partial charge in [-0.05, 0) is 51.7 Å². The van der Waals surface area contributed by atoms with E-state index in [1.165, 1.54) is 6.92 Å². The SMILES string of the molecule is CCOc1ccc2nc(O[C@H]3CC[C@H](OC[C@H](C)NC(C)=O)CC3)[nH]c2c1. The van der Waals surface area contributed by atoms with E-state index in [-0.39, 0.29) is 24.2 Å². The molecule has 0 aliphatic heterocycles. The number of aromatic nitrogens is 2. The molecule has 7 nitrogen and oxygen atoms in total. The van der Waals surface area contributed by atoms with Crippen LogP contribution in [0.5, 0.6) is 11.8 Å². The van der Waals surface area contributed by atoms with Crippen molar-refractivity contribution < 1.29 is 19.0 Å². The number of fused-ring (bicyclic) bond motifs is 1. The van der Waals surface area contributed by atoms with Crippen LogP contribution in [0.25, 0.3) is 11.0 Å². The molecule has 1 aromatic carbocycles. The molecule has 1 fully saturated rings. The van der Waals surface area contributed by atoms with Gasteiger partial charge in [0.1, 0.15) is 11.9 Å². The van der Waals surface area contributed by atoms with Gasteiger partial charge in [0.2, 0.25) is 5.91 Å². The average molecular weight is 375 g/mol. The molecule has 2 N–H and O–H groups in total. The third kappa shape index (κ3) is 5.60. The minimum absolute atomic E-state index is 0.0255. The van der Waals surface area contributed by atoms with Crippen LogP contribution in [-0.2, 0) is 9.53 Å². The van der Waals surface area contributed by atoms with E-state index in [4.69, 9.17) is 14.2 Å². The van der Waals surface area contributed by atoms with E-state index in [0.717, 1.165) is 42.5 Å². The Morgan fingerprint density at radius 2 is 2.04 bits per heavy atom. The number of H-pyrrole nitrogens is 1. The van der Waals surface area contributed by atoms with Crippen molar-refractivity contribution in [3.63, 3.8) is 0 Å². The second kappa shape index (κ2) is 9.08. The summed E-state index contributed by atoms with van der Waals surface area (Å²) in [6.45, 7) is 6.62. The van der Waals surface area contributed by atoms with Crippen molar-refractivity contribution in [2.75, 3.05) is 13.2 Å². The maximum atomic E-state index is 11.0. The summed E-state index contributed by atoms with van der Waals surface area (Å²) in [4.78, 5) is 18.8. The number of benzene rings is 1.